The number of amides is 2. The normalized spacial score (nSPS) is 11.4. The second-order valence-electron chi connectivity index (χ2n) is 11.4. The van der Waals surface area contributed by atoms with E-state index in [0.29, 0.717) is 11.1 Å². The lowest BCUT2D eigenvalue weighted by Crippen LogP contribution is -2.48. The highest BCUT2D eigenvalue weighted by Crippen LogP contribution is 2.33. The van der Waals surface area contributed by atoms with Gasteiger partial charge in [-0.25, -0.2) is 0 Å². The quantitative estimate of drug-likeness (QED) is 0.133. The van der Waals surface area contributed by atoms with E-state index in [1.807, 2.05) is 0 Å². The maximum Gasteiger partial charge on any atom is 0.416 e. The highest BCUT2D eigenvalue weighted by Gasteiger charge is 2.50. The average molecular weight is 677 g/mol. The number of esters is 1. The maximum absolute atomic E-state index is 13.6. The van der Waals surface area contributed by atoms with Crippen molar-refractivity contribution in [2.24, 2.45) is 0 Å². The van der Waals surface area contributed by atoms with E-state index >= 15 is 0 Å². The maximum atomic E-state index is 13.6. The van der Waals surface area contributed by atoms with Gasteiger partial charge in [0.15, 0.2) is 0 Å². The first kappa shape index (κ1) is 35.9. The predicted octanol–water partition coefficient (Wildman–Crippen LogP) is 5.83. The van der Waals surface area contributed by atoms with Crippen LogP contribution in [-0.4, -0.2) is 65.5 Å². The zero-order chi connectivity index (χ0) is 36.1. The molecule has 0 atom stereocenters. The number of ether oxygens (including phenoxy) is 1. The molecule has 0 radical (unpaired) electrons. The Morgan fingerprint density at radius 1 is 0.776 bits per heavy atom. The molecule has 0 bridgehead atoms. The number of nitrogens with one attached hydrogen (secondary N) is 1. The Morgan fingerprint density at radius 2 is 1.41 bits per heavy atom. The molecule has 0 saturated carbocycles. The number of hydrogen-bond donors (Lipinski definition) is 3. The van der Waals surface area contributed by atoms with E-state index in [1.165, 1.54) is 79.7 Å². The Morgan fingerprint density at radius 3 is 1.98 bits per heavy atom. The molecule has 2 amide bonds. The van der Waals surface area contributed by atoms with E-state index in [-0.39, 0.29) is 27.9 Å². The van der Waals surface area contributed by atoms with Gasteiger partial charge in [-0.05, 0) is 59.5 Å². The van der Waals surface area contributed by atoms with Gasteiger partial charge in [0.1, 0.15) is 6.61 Å². The molecule has 3 N–H and O–H groups in total. The molecular formula is C36H31F3N2O8. The van der Waals surface area contributed by atoms with Crippen molar-refractivity contribution in [3.63, 3.8) is 0 Å². The van der Waals surface area contributed by atoms with Crippen LogP contribution in [0.5, 0.6) is 0 Å². The van der Waals surface area contributed by atoms with Crippen LogP contribution in [0.15, 0.2) is 91.0 Å². The number of benzene rings is 4. The number of aryl methyl sites for hydroxylation is 1. The number of rotatable bonds is 11. The van der Waals surface area contributed by atoms with Crippen LogP contribution in [0, 0.1) is 6.92 Å². The van der Waals surface area contributed by atoms with Gasteiger partial charge >= 0.3 is 24.1 Å². The third-order valence-electron chi connectivity index (χ3n) is 7.71. The SMILES string of the molecule is Cc1ccc(C(=O)Nc2ccc(CC(=O)OCC(C(=O)O)(C(=O)O)c3ccccc3)cc2C(=O)N(C)C)c(-c2ccc(C(F)(F)F)cc2)c1. The van der Waals surface area contributed by atoms with Crippen molar-refractivity contribution in [2.45, 2.75) is 24.9 Å². The first-order chi connectivity index (χ1) is 23.0. The second kappa shape index (κ2) is 14.4. The van der Waals surface area contributed by atoms with Crippen molar-refractivity contribution in [3.05, 3.63) is 124 Å². The Balaban J connectivity index is 1.60. The highest BCUT2D eigenvalue weighted by atomic mass is 19.4. The summed E-state index contributed by atoms with van der Waals surface area (Å²) in [5, 5.41) is 22.3. The summed E-state index contributed by atoms with van der Waals surface area (Å²) in [4.78, 5) is 65.1. The first-order valence-electron chi connectivity index (χ1n) is 14.7. The van der Waals surface area contributed by atoms with E-state index < -0.39 is 59.9 Å². The molecule has 13 heteroatoms. The lowest BCUT2D eigenvalue weighted by molar-refractivity contribution is -0.164. The molecule has 4 aromatic rings. The zero-order valence-electron chi connectivity index (χ0n) is 26.5. The smallest absolute Gasteiger partial charge is 0.416 e. The van der Waals surface area contributed by atoms with Gasteiger partial charge in [-0.15, -0.1) is 0 Å². The standard InChI is InChI=1S/C36H31F3N2O8/c1-21-9-15-26(27(17-21)23-11-13-25(14-12-23)36(37,38)39)31(43)40-29-16-10-22(18-28(29)32(44)41(2)3)19-30(42)49-20-35(33(45)46,34(47)48)24-7-5-4-6-8-24/h4-18H,19-20H2,1-3H3,(H,40,43)(H,45,46)(H,47,48). The van der Waals surface area contributed by atoms with Gasteiger partial charge in [-0.2, -0.15) is 13.2 Å². The average Bonchev–Trinajstić information content (AvgIpc) is 3.05. The molecule has 0 aliphatic heterocycles. The number of carbonyl (C=O) groups is 5. The molecule has 0 aliphatic rings. The number of aliphatic carboxylic acids is 2. The molecular weight excluding hydrogens is 645 g/mol. The third kappa shape index (κ3) is 7.95. The molecule has 0 aromatic heterocycles. The van der Waals surface area contributed by atoms with Crippen LogP contribution in [0.25, 0.3) is 11.1 Å². The van der Waals surface area contributed by atoms with Crippen LogP contribution < -0.4 is 5.32 Å². The Hall–Kier alpha value is -5.98. The van der Waals surface area contributed by atoms with E-state index in [2.05, 4.69) is 5.32 Å². The molecule has 0 unspecified atom stereocenters. The van der Waals surface area contributed by atoms with Crippen LogP contribution in [0.4, 0.5) is 18.9 Å². The lowest BCUT2D eigenvalue weighted by atomic mass is 9.81. The minimum absolute atomic E-state index is 0.0125. The van der Waals surface area contributed by atoms with Gasteiger partial charge in [0.2, 0.25) is 5.41 Å². The van der Waals surface area contributed by atoms with Crippen molar-refractivity contribution >= 4 is 35.4 Å². The molecule has 10 nitrogen and oxygen atoms in total. The minimum Gasteiger partial charge on any atom is -0.480 e. The molecule has 0 aliphatic carbocycles. The number of carbonyl (C=O) groups excluding carboxylic acids is 3. The number of nitrogens with zero attached hydrogens (tertiary/aromatic N) is 1. The van der Waals surface area contributed by atoms with Crippen molar-refractivity contribution in [3.8, 4) is 11.1 Å². The summed E-state index contributed by atoms with van der Waals surface area (Å²) in [6.45, 7) is 0.758. The Bertz CT molecular complexity index is 1890. The summed E-state index contributed by atoms with van der Waals surface area (Å²) in [5.41, 5.74) is -1.61. The van der Waals surface area contributed by atoms with E-state index in [9.17, 15) is 47.4 Å². The molecule has 0 saturated heterocycles. The summed E-state index contributed by atoms with van der Waals surface area (Å²) in [6, 6.07) is 20.4. The van der Waals surface area contributed by atoms with Gasteiger partial charge in [0.05, 0.1) is 23.2 Å². The zero-order valence-corrected chi connectivity index (χ0v) is 26.5. The number of anilines is 1. The van der Waals surface area contributed by atoms with Gasteiger partial charge < -0.3 is 25.2 Å². The van der Waals surface area contributed by atoms with Crippen LogP contribution in [-0.2, 0) is 37.1 Å². The monoisotopic (exact) mass is 676 g/mol. The molecule has 0 spiro atoms. The predicted molar refractivity (Wildman–Crippen MR) is 172 cm³/mol. The number of carboxylic acid groups (broad SMARTS) is 2. The largest absolute Gasteiger partial charge is 0.480 e. The number of halogens is 3. The number of hydrogen-bond acceptors (Lipinski definition) is 6. The Kier molecular flexibility index (Phi) is 10.6. The van der Waals surface area contributed by atoms with Gasteiger partial charge in [-0.3, -0.25) is 24.0 Å². The van der Waals surface area contributed by atoms with E-state index in [0.717, 1.165) is 17.7 Å². The summed E-state index contributed by atoms with van der Waals surface area (Å²) in [5.74, 6) is -5.63. The first-order valence-corrected chi connectivity index (χ1v) is 14.7. The molecule has 0 heterocycles. The third-order valence-corrected chi connectivity index (χ3v) is 7.71. The second-order valence-corrected chi connectivity index (χ2v) is 11.4. The summed E-state index contributed by atoms with van der Waals surface area (Å²) < 4.78 is 44.6. The van der Waals surface area contributed by atoms with Crippen molar-refractivity contribution in [1.82, 2.24) is 4.90 Å². The summed E-state index contributed by atoms with van der Waals surface area (Å²) in [6.07, 6.45) is -5.00. The molecule has 0 fully saturated rings. The van der Waals surface area contributed by atoms with Crippen molar-refractivity contribution in [2.75, 3.05) is 26.0 Å². The van der Waals surface area contributed by atoms with Gasteiger partial charge in [0, 0.05) is 19.7 Å². The molecule has 254 valence electrons. The Labute approximate surface area is 278 Å². The molecule has 4 aromatic carbocycles. The van der Waals surface area contributed by atoms with Gasteiger partial charge in [-0.1, -0.05) is 66.2 Å². The van der Waals surface area contributed by atoms with Crippen LogP contribution in [0.3, 0.4) is 0 Å². The summed E-state index contributed by atoms with van der Waals surface area (Å²) >= 11 is 0. The molecule has 49 heavy (non-hydrogen) atoms. The van der Waals surface area contributed by atoms with Crippen LogP contribution in [0.2, 0.25) is 0 Å². The fourth-order valence-corrected chi connectivity index (χ4v) is 5.03. The number of alkyl halides is 3. The minimum atomic E-state index is -4.53. The molecule has 4 rings (SSSR count). The van der Waals surface area contributed by atoms with E-state index in [4.69, 9.17) is 4.74 Å². The van der Waals surface area contributed by atoms with E-state index in [1.54, 1.807) is 25.1 Å². The van der Waals surface area contributed by atoms with Crippen LogP contribution in [0.1, 0.15) is 43.0 Å². The fraction of sp³-hybridized carbons (Fsp3) is 0.194. The van der Waals surface area contributed by atoms with Crippen molar-refractivity contribution < 1.29 is 52.1 Å². The topological polar surface area (TPSA) is 150 Å². The lowest BCUT2D eigenvalue weighted by Gasteiger charge is -2.25. The van der Waals surface area contributed by atoms with Gasteiger partial charge in [0.25, 0.3) is 11.8 Å². The number of carboxylic acids is 2. The summed E-state index contributed by atoms with van der Waals surface area (Å²) in [7, 11) is 2.94. The van der Waals surface area contributed by atoms with Crippen LogP contribution >= 0.6 is 0 Å². The highest BCUT2D eigenvalue weighted by molar-refractivity contribution is 6.12. The van der Waals surface area contributed by atoms with Crippen molar-refractivity contribution in [1.29, 1.82) is 0 Å². The fourth-order valence-electron chi connectivity index (χ4n) is 5.03.